The van der Waals surface area contributed by atoms with E-state index < -0.39 is 0 Å². The van der Waals surface area contributed by atoms with E-state index in [2.05, 4.69) is 97.3 Å². The van der Waals surface area contributed by atoms with E-state index in [-0.39, 0.29) is 11.1 Å². The van der Waals surface area contributed by atoms with Gasteiger partial charge in [-0.15, -0.1) is 0 Å². The molecule has 0 saturated carbocycles. The molecule has 0 unspecified atom stereocenters. The molecule has 26 heavy (non-hydrogen) atoms. The van der Waals surface area contributed by atoms with Crippen LogP contribution in [0, 0.1) is 0 Å². The Morgan fingerprint density at radius 3 is 1.46 bits per heavy atom. The van der Waals surface area contributed by atoms with E-state index >= 15 is 0 Å². The van der Waals surface area contributed by atoms with Crippen LogP contribution in [-0.4, -0.2) is 11.4 Å². The quantitative estimate of drug-likeness (QED) is 0.873. The van der Waals surface area contributed by atoms with Crippen LogP contribution >= 0.6 is 0 Å². The summed E-state index contributed by atoms with van der Waals surface area (Å²) in [5.41, 5.74) is 13.7. The normalized spacial score (nSPS) is 19.2. The van der Waals surface area contributed by atoms with Gasteiger partial charge >= 0.3 is 0 Å². The van der Waals surface area contributed by atoms with Gasteiger partial charge in [0.05, 0.1) is 22.5 Å². The van der Waals surface area contributed by atoms with Gasteiger partial charge in [0, 0.05) is 11.1 Å². The Morgan fingerprint density at radius 2 is 1.04 bits per heavy atom. The molecular weight excluding hydrogens is 320 g/mol. The van der Waals surface area contributed by atoms with E-state index in [1.54, 1.807) is 0 Å². The summed E-state index contributed by atoms with van der Waals surface area (Å²) in [7, 11) is 0. The number of nitrogens with one attached hydrogen (secondary N) is 2. The number of hydrogen-bond acceptors (Lipinski definition) is 4. The molecular formula is C22H26N4. The van der Waals surface area contributed by atoms with Crippen LogP contribution in [-0.2, 0) is 11.1 Å². The average molecular weight is 346 g/mol. The molecule has 0 aliphatic carbocycles. The van der Waals surface area contributed by atoms with E-state index in [0.717, 1.165) is 24.3 Å². The maximum atomic E-state index is 4.68. The summed E-state index contributed by atoms with van der Waals surface area (Å²) in [6.45, 7) is 8.67. The van der Waals surface area contributed by atoms with Gasteiger partial charge in [0.15, 0.2) is 0 Å². The lowest BCUT2D eigenvalue weighted by Crippen LogP contribution is -2.40. The van der Waals surface area contributed by atoms with Crippen molar-refractivity contribution in [3.05, 3.63) is 70.8 Å². The van der Waals surface area contributed by atoms with Crippen LogP contribution < -0.4 is 10.9 Å². The van der Waals surface area contributed by atoms with Gasteiger partial charge in [-0.05, 0) is 51.7 Å². The van der Waals surface area contributed by atoms with Gasteiger partial charge in [-0.3, -0.25) is 10.9 Å². The van der Waals surface area contributed by atoms with Crippen molar-refractivity contribution in [2.24, 2.45) is 10.2 Å². The molecule has 0 radical (unpaired) electrons. The van der Waals surface area contributed by atoms with Crippen molar-refractivity contribution in [2.45, 2.75) is 51.6 Å². The molecule has 0 fully saturated rings. The highest BCUT2D eigenvalue weighted by Gasteiger charge is 2.30. The lowest BCUT2D eigenvalue weighted by molar-refractivity contribution is 0.407. The third kappa shape index (κ3) is 2.79. The zero-order valence-electron chi connectivity index (χ0n) is 15.9. The first-order valence-electron chi connectivity index (χ1n) is 9.26. The Labute approximate surface area is 155 Å². The predicted molar refractivity (Wildman–Crippen MR) is 108 cm³/mol. The van der Waals surface area contributed by atoms with Crippen LogP contribution in [0.3, 0.4) is 0 Å². The maximum Gasteiger partial charge on any atom is 0.0747 e. The number of hydrazone groups is 2. The molecule has 0 bridgehead atoms. The number of nitrogens with zero attached hydrogens (tertiary/aromatic N) is 2. The number of fused-ring (bicyclic) bond motifs is 2. The molecule has 4 nitrogen and oxygen atoms in total. The van der Waals surface area contributed by atoms with Crippen LogP contribution in [0.2, 0.25) is 0 Å². The fourth-order valence-corrected chi connectivity index (χ4v) is 3.83. The molecule has 2 aromatic rings. The Bertz CT molecular complexity index is 830. The molecule has 2 aliphatic heterocycles. The lowest BCUT2D eigenvalue weighted by atomic mass is 9.84. The summed E-state index contributed by atoms with van der Waals surface area (Å²) >= 11 is 0. The molecule has 0 amide bonds. The SMILES string of the molecule is CC1(C)NN=C(CCC2=NNC(C)(C)c3ccccc32)c2ccccc21. The van der Waals surface area contributed by atoms with Gasteiger partial charge in [-0.25, -0.2) is 0 Å². The average Bonchev–Trinajstić information content (AvgIpc) is 2.63. The second-order valence-corrected chi connectivity index (χ2v) is 8.18. The summed E-state index contributed by atoms with van der Waals surface area (Å²) in [6, 6.07) is 17.1. The second kappa shape index (κ2) is 5.97. The van der Waals surface area contributed by atoms with Crippen LogP contribution in [0.1, 0.15) is 62.8 Å². The van der Waals surface area contributed by atoms with E-state index in [9.17, 15) is 0 Å². The van der Waals surface area contributed by atoms with Gasteiger partial charge in [0.1, 0.15) is 0 Å². The molecule has 4 heteroatoms. The van der Waals surface area contributed by atoms with Gasteiger partial charge < -0.3 is 0 Å². The highest BCUT2D eigenvalue weighted by atomic mass is 15.3. The largest absolute Gasteiger partial charge is 0.300 e. The summed E-state index contributed by atoms with van der Waals surface area (Å²) < 4.78 is 0. The summed E-state index contributed by atoms with van der Waals surface area (Å²) in [4.78, 5) is 0. The molecule has 2 aliphatic rings. The van der Waals surface area contributed by atoms with Crippen molar-refractivity contribution in [3.63, 3.8) is 0 Å². The van der Waals surface area contributed by atoms with Crippen molar-refractivity contribution in [1.29, 1.82) is 0 Å². The summed E-state index contributed by atoms with van der Waals surface area (Å²) in [5.74, 6) is 0. The van der Waals surface area contributed by atoms with Gasteiger partial charge in [0.25, 0.3) is 0 Å². The van der Waals surface area contributed by atoms with Crippen molar-refractivity contribution in [2.75, 3.05) is 0 Å². The van der Waals surface area contributed by atoms with E-state index in [0.29, 0.717) is 0 Å². The molecule has 2 N–H and O–H groups in total. The van der Waals surface area contributed by atoms with Crippen LogP contribution in [0.15, 0.2) is 58.7 Å². The summed E-state index contributed by atoms with van der Waals surface area (Å²) in [5, 5.41) is 9.37. The molecule has 134 valence electrons. The van der Waals surface area contributed by atoms with Crippen LogP contribution in [0.4, 0.5) is 0 Å². The molecule has 2 heterocycles. The number of benzene rings is 2. The zero-order chi connectivity index (χ0) is 18.4. The first-order valence-corrected chi connectivity index (χ1v) is 9.26. The molecule has 0 atom stereocenters. The second-order valence-electron chi connectivity index (χ2n) is 8.18. The minimum absolute atomic E-state index is 0.138. The minimum atomic E-state index is -0.138. The van der Waals surface area contributed by atoms with E-state index in [1.807, 2.05) is 0 Å². The molecule has 0 saturated heterocycles. The van der Waals surface area contributed by atoms with Crippen molar-refractivity contribution >= 4 is 11.4 Å². The summed E-state index contributed by atoms with van der Waals surface area (Å²) in [6.07, 6.45) is 1.71. The van der Waals surface area contributed by atoms with Crippen LogP contribution in [0.5, 0.6) is 0 Å². The topological polar surface area (TPSA) is 48.8 Å². The van der Waals surface area contributed by atoms with Crippen LogP contribution in [0.25, 0.3) is 0 Å². The maximum absolute atomic E-state index is 4.68. The Kier molecular flexibility index (Phi) is 3.87. The van der Waals surface area contributed by atoms with E-state index in [1.165, 1.54) is 22.3 Å². The zero-order valence-corrected chi connectivity index (χ0v) is 15.9. The molecule has 0 aromatic heterocycles. The number of rotatable bonds is 3. The Balaban J connectivity index is 1.60. The third-order valence-electron chi connectivity index (χ3n) is 5.36. The van der Waals surface area contributed by atoms with Crippen molar-refractivity contribution < 1.29 is 0 Å². The van der Waals surface area contributed by atoms with Gasteiger partial charge in [0.2, 0.25) is 0 Å². The van der Waals surface area contributed by atoms with E-state index in [4.69, 9.17) is 0 Å². The predicted octanol–water partition coefficient (Wildman–Crippen LogP) is 4.25. The fraction of sp³-hybridized carbons (Fsp3) is 0.364. The fourth-order valence-electron chi connectivity index (χ4n) is 3.83. The molecule has 4 rings (SSSR count). The van der Waals surface area contributed by atoms with Gasteiger partial charge in [-0.1, -0.05) is 48.5 Å². The minimum Gasteiger partial charge on any atom is -0.300 e. The highest BCUT2D eigenvalue weighted by Crippen LogP contribution is 2.31. The first-order chi connectivity index (χ1) is 12.4. The van der Waals surface area contributed by atoms with Crippen molar-refractivity contribution in [1.82, 2.24) is 10.9 Å². The number of hydrogen-bond donors (Lipinski definition) is 2. The monoisotopic (exact) mass is 346 g/mol. The van der Waals surface area contributed by atoms with Crippen molar-refractivity contribution in [3.8, 4) is 0 Å². The lowest BCUT2D eigenvalue weighted by Gasteiger charge is -2.34. The first kappa shape index (κ1) is 16.8. The smallest absolute Gasteiger partial charge is 0.0747 e. The molecule has 2 aromatic carbocycles. The highest BCUT2D eigenvalue weighted by molar-refractivity contribution is 6.08. The molecule has 0 spiro atoms. The Hall–Kier alpha value is -2.62. The van der Waals surface area contributed by atoms with Gasteiger partial charge in [-0.2, -0.15) is 10.2 Å². The third-order valence-corrected chi connectivity index (χ3v) is 5.36. The standard InChI is InChI=1S/C22H26N4/c1-21(2)17-11-7-5-9-15(17)19(23-25-21)13-14-20-16-10-6-8-12-18(16)22(3,4)26-24-20/h5-12,25-26H,13-14H2,1-4H3. The Morgan fingerprint density at radius 1 is 0.654 bits per heavy atom.